The number of rotatable bonds is 13. The molecule has 2 aliphatic heterocycles. The van der Waals surface area contributed by atoms with E-state index in [-0.39, 0.29) is 18.1 Å². The third kappa shape index (κ3) is 7.32. The highest BCUT2D eigenvalue weighted by atomic mass is 32.2. The molecule has 0 aliphatic carbocycles. The van der Waals surface area contributed by atoms with Gasteiger partial charge < -0.3 is 4.90 Å². The molecule has 226 valence electrons. The highest BCUT2D eigenvalue weighted by Gasteiger charge is 2.38. The molecule has 10 heteroatoms. The minimum atomic E-state index is -4.09. The number of nitrogens with zero attached hydrogens (tertiary/aromatic N) is 3. The van der Waals surface area contributed by atoms with Gasteiger partial charge >= 0.3 is 0 Å². The second kappa shape index (κ2) is 14.1. The molecule has 0 unspecified atom stereocenters. The summed E-state index contributed by atoms with van der Waals surface area (Å²) < 4.78 is 32.4. The second-order valence-electron chi connectivity index (χ2n) is 10.8. The van der Waals surface area contributed by atoms with Crippen LogP contribution in [0.2, 0.25) is 0 Å². The average molecular weight is 636 g/mol. The Morgan fingerprint density at radius 1 is 0.837 bits per heavy atom. The summed E-state index contributed by atoms with van der Waals surface area (Å²) in [6, 6.07) is 21.9. The Hall–Kier alpha value is -3.18. The van der Waals surface area contributed by atoms with E-state index in [0.29, 0.717) is 23.9 Å². The van der Waals surface area contributed by atoms with Gasteiger partial charge in [-0.2, -0.15) is 8.42 Å². The highest BCUT2D eigenvalue weighted by molar-refractivity contribution is 8.03. The molecule has 3 aromatic carbocycles. The molecule has 2 heterocycles. The molecule has 0 aromatic heterocycles. The minimum Gasteiger partial charge on any atom is -0.334 e. The fourth-order valence-electron chi connectivity index (χ4n) is 5.54. The van der Waals surface area contributed by atoms with E-state index in [0.717, 1.165) is 51.3 Å². The maximum absolute atomic E-state index is 13.8. The van der Waals surface area contributed by atoms with Crippen LogP contribution in [0, 0.1) is 0 Å². The molecule has 0 spiro atoms. The van der Waals surface area contributed by atoms with Crippen LogP contribution >= 0.6 is 24.0 Å². The zero-order valence-corrected chi connectivity index (χ0v) is 26.8. The SMILES string of the molecule is CCCCCCCCN1C(=O)C(=CC=C2Sc3ccc4ccccc4c3N2CCCS(=O)(=O)O)N(c2ccccc2)C1=S. The first-order valence-electron chi connectivity index (χ1n) is 14.8. The van der Waals surface area contributed by atoms with Crippen LogP contribution in [0.5, 0.6) is 0 Å². The summed E-state index contributed by atoms with van der Waals surface area (Å²) in [5.74, 6) is -0.451. The number of thioether (sulfide) groups is 1. The molecule has 1 N–H and O–H groups in total. The lowest BCUT2D eigenvalue weighted by molar-refractivity contribution is -0.122. The summed E-state index contributed by atoms with van der Waals surface area (Å²) in [6.45, 7) is 3.17. The van der Waals surface area contributed by atoms with Gasteiger partial charge in [0.25, 0.3) is 16.0 Å². The third-order valence-corrected chi connectivity index (χ3v) is 9.98. The smallest absolute Gasteiger partial charge is 0.277 e. The van der Waals surface area contributed by atoms with Crippen molar-refractivity contribution in [3.8, 4) is 0 Å². The predicted octanol–water partition coefficient (Wildman–Crippen LogP) is 7.75. The lowest BCUT2D eigenvalue weighted by Crippen LogP contribution is -2.33. The van der Waals surface area contributed by atoms with E-state index in [2.05, 4.69) is 36.1 Å². The van der Waals surface area contributed by atoms with Crippen molar-refractivity contribution < 1.29 is 17.8 Å². The van der Waals surface area contributed by atoms with Gasteiger partial charge in [-0.15, -0.1) is 0 Å². The molecule has 1 amide bonds. The van der Waals surface area contributed by atoms with E-state index in [9.17, 15) is 17.8 Å². The lowest BCUT2D eigenvalue weighted by Gasteiger charge is -2.22. The molecule has 2 aliphatic rings. The van der Waals surface area contributed by atoms with Gasteiger partial charge in [0.2, 0.25) is 0 Å². The Morgan fingerprint density at radius 2 is 1.53 bits per heavy atom. The monoisotopic (exact) mass is 635 g/mol. The van der Waals surface area contributed by atoms with Crippen LogP contribution in [0.25, 0.3) is 10.8 Å². The van der Waals surface area contributed by atoms with Crippen molar-refractivity contribution in [3.63, 3.8) is 0 Å². The number of unbranched alkanes of at least 4 members (excludes halogenated alkanes) is 5. The summed E-state index contributed by atoms with van der Waals surface area (Å²) in [6.07, 6.45) is 10.7. The standard InChI is InChI=1S/C33H37N3O4S3/c1-2-3-4-5-6-12-22-35-32(37)28(36(33(35)41)26-15-8-7-9-16-26)19-21-30-34(23-13-24-43(38,39)40)31-27-17-11-10-14-25(27)18-20-29(31)42-30/h7-11,14-21H,2-6,12-13,22-24H2,1H3,(H,38,39,40). The number of allylic oxidation sites excluding steroid dienone is 2. The first-order chi connectivity index (χ1) is 20.8. The van der Waals surface area contributed by atoms with Crippen molar-refractivity contribution in [2.45, 2.75) is 56.8 Å². The van der Waals surface area contributed by atoms with Gasteiger partial charge in [-0.05, 0) is 60.8 Å². The van der Waals surface area contributed by atoms with Crippen molar-refractivity contribution in [3.05, 3.63) is 89.6 Å². The highest BCUT2D eigenvalue weighted by Crippen LogP contribution is 2.49. The molecule has 3 aromatic rings. The number of para-hydroxylation sites is 1. The van der Waals surface area contributed by atoms with Gasteiger partial charge in [0.1, 0.15) is 5.70 Å². The minimum absolute atomic E-state index is 0.122. The number of carbonyl (C=O) groups is 1. The number of thiocarbonyl (C=S) groups is 1. The van der Waals surface area contributed by atoms with Gasteiger partial charge in [0.05, 0.1) is 16.5 Å². The maximum atomic E-state index is 13.8. The van der Waals surface area contributed by atoms with Crippen LogP contribution in [-0.2, 0) is 14.9 Å². The zero-order valence-electron chi connectivity index (χ0n) is 24.3. The summed E-state index contributed by atoms with van der Waals surface area (Å²) >= 11 is 7.44. The first kappa shape index (κ1) is 31.3. The van der Waals surface area contributed by atoms with E-state index in [1.165, 1.54) is 19.3 Å². The summed E-state index contributed by atoms with van der Waals surface area (Å²) in [5, 5.41) is 3.49. The molecule has 1 saturated heterocycles. The fraction of sp³-hybridized carbons (Fsp3) is 0.333. The van der Waals surface area contributed by atoms with Crippen LogP contribution in [0.1, 0.15) is 51.9 Å². The van der Waals surface area contributed by atoms with Gasteiger partial charge in [-0.25, -0.2) is 0 Å². The molecule has 5 rings (SSSR count). The summed E-state index contributed by atoms with van der Waals surface area (Å²) in [4.78, 5) is 20.5. The van der Waals surface area contributed by atoms with Crippen LogP contribution in [-0.4, -0.2) is 47.7 Å². The number of hydrogen-bond donors (Lipinski definition) is 1. The zero-order chi connectivity index (χ0) is 30.4. The van der Waals surface area contributed by atoms with Crippen LogP contribution in [0.3, 0.4) is 0 Å². The molecule has 43 heavy (non-hydrogen) atoms. The van der Waals surface area contributed by atoms with Crippen molar-refractivity contribution in [2.24, 2.45) is 0 Å². The average Bonchev–Trinajstić information content (AvgIpc) is 3.47. The van der Waals surface area contributed by atoms with Crippen LogP contribution < -0.4 is 9.80 Å². The molecular formula is C33H37N3O4S3. The number of hydrogen-bond acceptors (Lipinski definition) is 6. The molecule has 7 nitrogen and oxygen atoms in total. The van der Waals surface area contributed by atoms with Crippen LogP contribution in [0.4, 0.5) is 11.4 Å². The van der Waals surface area contributed by atoms with Gasteiger partial charge in [0, 0.05) is 29.1 Å². The second-order valence-corrected chi connectivity index (χ2v) is 13.8. The Balaban J connectivity index is 1.47. The van der Waals surface area contributed by atoms with E-state index in [1.54, 1.807) is 16.7 Å². The third-order valence-electron chi connectivity index (χ3n) is 7.66. The Labute approximate surface area is 264 Å². The van der Waals surface area contributed by atoms with E-state index in [4.69, 9.17) is 12.2 Å². The Kier molecular flexibility index (Phi) is 10.2. The van der Waals surface area contributed by atoms with Crippen molar-refractivity contribution in [2.75, 3.05) is 28.6 Å². The maximum Gasteiger partial charge on any atom is 0.277 e. The molecule has 0 atom stereocenters. The molecule has 0 radical (unpaired) electrons. The molecule has 0 saturated carbocycles. The van der Waals surface area contributed by atoms with Gasteiger partial charge in [0.15, 0.2) is 5.11 Å². The first-order valence-corrected chi connectivity index (χ1v) is 17.7. The molecule has 1 fully saturated rings. The largest absolute Gasteiger partial charge is 0.334 e. The number of fused-ring (bicyclic) bond motifs is 3. The fourth-order valence-corrected chi connectivity index (χ4v) is 7.52. The van der Waals surface area contributed by atoms with E-state index in [1.807, 2.05) is 59.5 Å². The van der Waals surface area contributed by atoms with Crippen molar-refractivity contribution in [1.82, 2.24) is 4.90 Å². The quantitative estimate of drug-likeness (QED) is 0.0884. The lowest BCUT2D eigenvalue weighted by atomic mass is 10.1. The van der Waals surface area contributed by atoms with Crippen LogP contribution in [0.15, 0.2) is 94.5 Å². The molecule has 0 bridgehead atoms. The van der Waals surface area contributed by atoms with Gasteiger partial charge in [-0.1, -0.05) is 99.3 Å². The van der Waals surface area contributed by atoms with Gasteiger partial charge in [-0.3, -0.25) is 19.1 Å². The topological polar surface area (TPSA) is 81.2 Å². The normalized spacial score (nSPS) is 17.2. The Morgan fingerprint density at radius 3 is 2.30 bits per heavy atom. The van der Waals surface area contributed by atoms with Crippen molar-refractivity contribution >= 4 is 67.3 Å². The summed E-state index contributed by atoms with van der Waals surface area (Å²) in [7, 11) is -4.09. The Bertz CT molecular complexity index is 1650. The molecular weight excluding hydrogens is 599 g/mol. The van der Waals surface area contributed by atoms with Crippen molar-refractivity contribution in [1.29, 1.82) is 0 Å². The number of benzene rings is 3. The van der Waals surface area contributed by atoms with E-state index < -0.39 is 10.1 Å². The van der Waals surface area contributed by atoms with E-state index >= 15 is 0 Å². The predicted molar refractivity (Wildman–Crippen MR) is 181 cm³/mol. The summed E-state index contributed by atoms with van der Waals surface area (Å²) in [5.41, 5.74) is 2.31. The number of amides is 1. The number of anilines is 2. The number of carbonyl (C=O) groups excluding carboxylic acids is 1.